The van der Waals surface area contributed by atoms with Gasteiger partial charge in [-0.2, -0.15) is 13.2 Å². The molecule has 23 heavy (non-hydrogen) atoms. The molecule has 2 amide bonds. The van der Waals surface area contributed by atoms with Crippen molar-refractivity contribution in [2.75, 3.05) is 19.6 Å². The number of rotatable bonds is 7. The molecule has 0 aromatic carbocycles. The lowest BCUT2D eigenvalue weighted by Gasteiger charge is -2.33. The van der Waals surface area contributed by atoms with Gasteiger partial charge in [-0.05, 0) is 25.7 Å². The summed E-state index contributed by atoms with van der Waals surface area (Å²) in [6, 6.07) is 0. The number of hydrogen-bond donors (Lipinski definition) is 1. The minimum Gasteiger partial charge on any atom is -0.347 e. The van der Waals surface area contributed by atoms with Gasteiger partial charge in [0, 0.05) is 24.9 Å². The number of carbonyl (C=O) groups excluding carboxylic acids is 2. The Bertz CT molecular complexity index is 385. The lowest BCUT2D eigenvalue weighted by molar-refractivity contribution is -0.144. The van der Waals surface area contributed by atoms with E-state index in [0.29, 0.717) is 25.9 Å². The second kappa shape index (κ2) is 9.13. The van der Waals surface area contributed by atoms with E-state index < -0.39 is 24.5 Å². The van der Waals surface area contributed by atoms with Crippen LogP contribution in [0.2, 0.25) is 0 Å². The van der Waals surface area contributed by atoms with Crippen LogP contribution >= 0.6 is 0 Å². The highest BCUT2D eigenvalue weighted by Gasteiger charge is 2.32. The molecule has 0 saturated carbocycles. The first-order chi connectivity index (χ1) is 10.8. The smallest absolute Gasteiger partial charge is 0.347 e. The molecule has 1 aliphatic heterocycles. The van der Waals surface area contributed by atoms with Gasteiger partial charge in [-0.3, -0.25) is 9.59 Å². The van der Waals surface area contributed by atoms with Gasteiger partial charge in [0.15, 0.2) is 0 Å². The number of piperidine rings is 1. The normalized spacial score (nSPS) is 16.7. The zero-order chi connectivity index (χ0) is 17.5. The van der Waals surface area contributed by atoms with Crippen LogP contribution < -0.4 is 5.32 Å². The van der Waals surface area contributed by atoms with Crippen LogP contribution in [0.15, 0.2) is 0 Å². The van der Waals surface area contributed by atoms with Gasteiger partial charge < -0.3 is 10.2 Å². The van der Waals surface area contributed by atoms with E-state index in [2.05, 4.69) is 0 Å². The Morgan fingerprint density at radius 3 is 2.09 bits per heavy atom. The number of alkyl halides is 3. The quantitative estimate of drug-likeness (QED) is 0.776. The summed E-state index contributed by atoms with van der Waals surface area (Å²) in [5.74, 6) is -0.839. The monoisotopic (exact) mass is 336 g/mol. The van der Waals surface area contributed by atoms with Crippen molar-refractivity contribution in [3.8, 4) is 0 Å². The van der Waals surface area contributed by atoms with Gasteiger partial charge in [-0.1, -0.05) is 26.7 Å². The molecule has 1 saturated heterocycles. The van der Waals surface area contributed by atoms with E-state index in [4.69, 9.17) is 0 Å². The van der Waals surface area contributed by atoms with Crippen molar-refractivity contribution >= 4 is 11.8 Å². The number of halogens is 3. The summed E-state index contributed by atoms with van der Waals surface area (Å²) in [4.78, 5) is 26.0. The summed E-state index contributed by atoms with van der Waals surface area (Å²) in [7, 11) is 0. The van der Waals surface area contributed by atoms with Crippen LogP contribution in [0.25, 0.3) is 0 Å². The molecule has 1 aliphatic rings. The second-order valence-electron chi connectivity index (χ2n) is 6.21. The zero-order valence-corrected chi connectivity index (χ0v) is 13.9. The van der Waals surface area contributed by atoms with E-state index in [0.717, 1.165) is 25.7 Å². The Kier molecular flexibility index (Phi) is 7.85. The van der Waals surface area contributed by atoms with Gasteiger partial charge in [-0.15, -0.1) is 0 Å². The number of nitrogens with zero attached hydrogens (tertiary/aromatic N) is 1. The average molecular weight is 336 g/mol. The molecule has 0 atom stereocenters. The topological polar surface area (TPSA) is 49.4 Å². The summed E-state index contributed by atoms with van der Waals surface area (Å²) >= 11 is 0. The minimum absolute atomic E-state index is 0.0283. The van der Waals surface area contributed by atoms with Crippen LogP contribution in [-0.2, 0) is 9.59 Å². The molecule has 0 aliphatic carbocycles. The van der Waals surface area contributed by atoms with Gasteiger partial charge in [0.05, 0.1) is 0 Å². The van der Waals surface area contributed by atoms with Crippen LogP contribution in [0.1, 0.15) is 52.4 Å². The van der Waals surface area contributed by atoms with E-state index in [1.54, 1.807) is 4.90 Å². The van der Waals surface area contributed by atoms with Crippen molar-refractivity contribution in [1.29, 1.82) is 0 Å². The van der Waals surface area contributed by atoms with Gasteiger partial charge in [0.1, 0.15) is 6.54 Å². The van der Waals surface area contributed by atoms with E-state index >= 15 is 0 Å². The van der Waals surface area contributed by atoms with Crippen molar-refractivity contribution in [3.63, 3.8) is 0 Å². The van der Waals surface area contributed by atoms with Gasteiger partial charge >= 0.3 is 6.18 Å². The number of amides is 2. The summed E-state index contributed by atoms with van der Waals surface area (Å²) < 4.78 is 36.4. The Morgan fingerprint density at radius 1 is 1.13 bits per heavy atom. The number of carbonyl (C=O) groups is 2. The zero-order valence-electron chi connectivity index (χ0n) is 13.9. The molecule has 0 radical (unpaired) electrons. The van der Waals surface area contributed by atoms with Crippen molar-refractivity contribution in [2.24, 2.45) is 11.8 Å². The molecule has 0 bridgehead atoms. The van der Waals surface area contributed by atoms with E-state index in [1.807, 2.05) is 19.2 Å². The van der Waals surface area contributed by atoms with Gasteiger partial charge in [-0.25, -0.2) is 0 Å². The maximum atomic E-state index is 12.5. The summed E-state index contributed by atoms with van der Waals surface area (Å²) in [5, 5.41) is 1.93. The molecule has 0 aromatic heterocycles. The van der Waals surface area contributed by atoms with E-state index in [-0.39, 0.29) is 11.8 Å². The summed E-state index contributed by atoms with van der Waals surface area (Å²) in [6.45, 7) is 3.71. The minimum atomic E-state index is -4.39. The van der Waals surface area contributed by atoms with Crippen molar-refractivity contribution in [2.45, 2.75) is 58.5 Å². The average Bonchev–Trinajstić information content (AvgIpc) is 2.51. The summed E-state index contributed by atoms with van der Waals surface area (Å²) in [6.07, 6.45) is 0.0947. The van der Waals surface area contributed by atoms with Crippen LogP contribution in [0.4, 0.5) is 13.2 Å². The molecule has 0 unspecified atom stereocenters. The van der Waals surface area contributed by atoms with Crippen molar-refractivity contribution in [1.82, 2.24) is 10.2 Å². The Hall–Kier alpha value is -1.27. The fourth-order valence-corrected chi connectivity index (χ4v) is 3.04. The third kappa shape index (κ3) is 6.79. The molecular weight excluding hydrogens is 309 g/mol. The standard InChI is InChI=1S/C16H27F3N2O2/c1-3-5-13(6-4-2)15(23)21-9-7-12(8-10-21)14(22)20-11-16(17,18)19/h12-13H,3-11H2,1-2H3,(H,20,22). The maximum Gasteiger partial charge on any atom is 0.405 e. The third-order valence-corrected chi connectivity index (χ3v) is 4.26. The van der Waals surface area contributed by atoms with Crippen LogP contribution in [0, 0.1) is 11.8 Å². The van der Waals surface area contributed by atoms with Crippen molar-refractivity contribution in [3.05, 3.63) is 0 Å². The maximum absolute atomic E-state index is 12.5. The predicted molar refractivity (Wildman–Crippen MR) is 81.7 cm³/mol. The molecule has 4 nitrogen and oxygen atoms in total. The predicted octanol–water partition coefficient (Wildman–Crippen LogP) is 3.12. The first-order valence-corrected chi connectivity index (χ1v) is 8.41. The largest absolute Gasteiger partial charge is 0.405 e. The number of nitrogens with one attached hydrogen (secondary N) is 1. The molecule has 1 heterocycles. The lowest BCUT2D eigenvalue weighted by atomic mass is 9.92. The molecular formula is C16H27F3N2O2. The highest BCUT2D eigenvalue weighted by molar-refractivity contribution is 5.81. The fourth-order valence-electron chi connectivity index (χ4n) is 3.04. The summed E-state index contributed by atoms with van der Waals surface area (Å²) in [5.41, 5.74) is 0. The second-order valence-corrected chi connectivity index (χ2v) is 6.21. The third-order valence-electron chi connectivity index (χ3n) is 4.26. The fraction of sp³-hybridized carbons (Fsp3) is 0.875. The highest BCUT2D eigenvalue weighted by Crippen LogP contribution is 2.23. The first kappa shape index (κ1) is 19.8. The molecule has 134 valence electrons. The first-order valence-electron chi connectivity index (χ1n) is 8.41. The van der Waals surface area contributed by atoms with Gasteiger partial charge in [0.2, 0.25) is 11.8 Å². The Balaban J connectivity index is 2.44. The molecule has 0 spiro atoms. The van der Waals surface area contributed by atoms with E-state index in [9.17, 15) is 22.8 Å². The lowest BCUT2D eigenvalue weighted by Crippen LogP contribution is -2.46. The number of hydrogen-bond acceptors (Lipinski definition) is 2. The SMILES string of the molecule is CCCC(CCC)C(=O)N1CCC(C(=O)NCC(F)(F)F)CC1. The van der Waals surface area contributed by atoms with Crippen LogP contribution in [0.3, 0.4) is 0 Å². The van der Waals surface area contributed by atoms with Gasteiger partial charge in [0.25, 0.3) is 0 Å². The van der Waals surface area contributed by atoms with E-state index in [1.165, 1.54) is 0 Å². The molecule has 1 rings (SSSR count). The Morgan fingerprint density at radius 2 is 1.65 bits per heavy atom. The van der Waals surface area contributed by atoms with Crippen LogP contribution in [-0.4, -0.2) is 42.5 Å². The van der Waals surface area contributed by atoms with Crippen LogP contribution in [0.5, 0.6) is 0 Å². The molecule has 1 fully saturated rings. The molecule has 1 N–H and O–H groups in total. The highest BCUT2D eigenvalue weighted by atomic mass is 19.4. The molecule has 7 heteroatoms. The Labute approximate surface area is 135 Å². The molecule has 0 aromatic rings. The van der Waals surface area contributed by atoms with Crippen molar-refractivity contribution < 1.29 is 22.8 Å². The number of likely N-dealkylation sites (tertiary alicyclic amines) is 1.